The van der Waals surface area contributed by atoms with Crippen molar-refractivity contribution < 1.29 is 0 Å². The Kier molecular flexibility index (Phi) is 6.10. The summed E-state index contributed by atoms with van der Waals surface area (Å²) in [4.78, 5) is 0. The molecule has 0 aliphatic rings. The van der Waals surface area contributed by atoms with E-state index in [-0.39, 0.29) is 6.04 Å². The molecule has 2 aromatic rings. The van der Waals surface area contributed by atoms with E-state index in [1.54, 1.807) is 0 Å². The van der Waals surface area contributed by atoms with Crippen LogP contribution in [0.1, 0.15) is 43.0 Å². The summed E-state index contributed by atoms with van der Waals surface area (Å²) in [7, 11) is 0. The molecular formula is C18H21Cl2N. The second kappa shape index (κ2) is 7.84. The average Bonchev–Trinajstić information content (AvgIpc) is 2.51. The van der Waals surface area contributed by atoms with E-state index in [0.29, 0.717) is 10.0 Å². The Bertz CT molecular complexity index is 596. The normalized spacial score (nSPS) is 12.4. The molecule has 0 heterocycles. The molecule has 1 N–H and O–H groups in total. The van der Waals surface area contributed by atoms with Crippen LogP contribution in [0.15, 0.2) is 42.5 Å². The molecule has 2 aromatic carbocycles. The maximum Gasteiger partial charge on any atom is 0.0595 e. The van der Waals surface area contributed by atoms with Crippen molar-refractivity contribution in [2.24, 2.45) is 0 Å². The zero-order valence-corrected chi connectivity index (χ0v) is 14.0. The number of hydrogen-bond donors (Lipinski definition) is 1. The van der Waals surface area contributed by atoms with Gasteiger partial charge in [-0.15, -0.1) is 0 Å². The predicted octanol–water partition coefficient (Wildman–Crippen LogP) is 5.80. The van der Waals surface area contributed by atoms with Crippen molar-refractivity contribution in [1.29, 1.82) is 0 Å². The standard InChI is InChI=1S/C18H21Cl2N/c1-3-13-7-5-6-8-15(13)12-21-18(4-2)14-9-10-16(19)17(20)11-14/h5-11,18,21H,3-4,12H2,1-2H3. The number of halogens is 2. The van der Waals surface area contributed by atoms with E-state index in [1.807, 2.05) is 18.2 Å². The first-order valence-corrected chi connectivity index (χ1v) is 8.16. The van der Waals surface area contributed by atoms with E-state index in [2.05, 4.69) is 43.4 Å². The first kappa shape index (κ1) is 16.4. The molecule has 1 atom stereocenters. The third-order valence-electron chi connectivity index (χ3n) is 3.79. The number of nitrogens with one attached hydrogen (secondary N) is 1. The Hall–Kier alpha value is -1.02. The van der Waals surface area contributed by atoms with E-state index in [9.17, 15) is 0 Å². The molecule has 0 aromatic heterocycles. The van der Waals surface area contributed by atoms with E-state index < -0.39 is 0 Å². The summed E-state index contributed by atoms with van der Waals surface area (Å²) in [5.41, 5.74) is 3.94. The van der Waals surface area contributed by atoms with Crippen LogP contribution in [0.25, 0.3) is 0 Å². The minimum absolute atomic E-state index is 0.282. The summed E-state index contributed by atoms with van der Waals surface area (Å²) in [5, 5.41) is 4.84. The third kappa shape index (κ3) is 4.23. The second-order valence-electron chi connectivity index (χ2n) is 5.14. The van der Waals surface area contributed by atoms with Gasteiger partial charge in [0.1, 0.15) is 0 Å². The summed E-state index contributed by atoms with van der Waals surface area (Å²) in [6.45, 7) is 5.23. The molecule has 2 rings (SSSR count). The van der Waals surface area contributed by atoms with Crippen LogP contribution in [0.5, 0.6) is 0 Å². The van der Waals surface area contributed by atoms with Gasteiger partial charge in [0.25, 0.3) is 0 Å². The molecule has 1 unspecified atom stereocenters. The fourth-order valence-electron chi connectivity index (χ4n) is 2.54. The van der Waals surface area contributed by atoms with Gasteiger partial charge in [-0.3, -0.25) is 0 Å². The van der Waals surface area contributed by atoms with Crippen molar-refractivity contribution >= 4 is 23.2 Å². The van der Waals surface area contributed by atoms with Crippen LogP contribution in [0.3, 0.4) is 0 Å². The van der Waals surface area contributed by atoms with Crippen LogP contribution in [0.2, 0.25) is 10.0 Å². The van der Waals surface area contributed by atoms with Crippen LogP contribution in [0, 0.1) is 0 Å². The van der Waals surface area contributed by atoms with Gasteiger partial charge in [-0.1, -0.05) is 67.4 Å². The molecule has 0 aliphatic carbocycles. The molecule has 0 aliphatic heterocycles. The van der Waals surface area contributed by atoms with Gasteiger partial charge in [0.05, 0.1) is 10.0 Å². The Morgan fingerprint density at radius 3 is 2.29 bits per heavy atom. The van der Waals surface area contributed by atoms with Gasteiger partial charge in [-0.05, 0) is 41.7 Å². The van der Waals surface area contributed by atoms with Crippen molar-refractivity contribution in [3.63, 3.8) is 0 Å². The van der Waals surface area contributed by atoms with E-state index in [4.69, 9.17) is 23.2 Å². The van der Waals surface area contributed by atoms with Crippen molar-refractivity contribution in [1.82, 2.24) is 5.32 Å². The van der Waals surface area contributed by atoms with Gasteiger partial charge in [-0.25, -0.2) is 0 Å². The molecule has 0 saturated heterocycles. The van der Waals surface area contributed by atoms with Crippen LogP contribution < -0.4 is 5.32 Å². The Morgan fingerprint density at radius 2 is 1.67 bits per heavy atom. The quantitative estimate of drug-likeness (QED) is 0.709. The SMILES string of the molecule is CCc1ccccc1CNC(CC)c1ccc(Cl)c(Cl)c1. The highest BCUT2D eigenvalue weighted by atomic mass is 35.5. The number of benzene rings is 2. The summed E-state index contributed by atoms with van der Waals surface area (Å²) >= 11 is 12.1. The third-order valence-corrected chi connectivity index (χ3v) is 4.53. The summed E-state index contributed by atoms with van der Waals surface area (Å²) in [5.74, 6) is 0. The fraction of sp³-hybridized carbons (Fsp3) is 0.333. The topological polar surface area (TPSA) is 12.0 Å². The maximum atomic E-state index is 6.12. The van der Waals surface area contributed by atoms with Crippen molar-refractivity contribution in [2.75, 3.05) is 0 Å². The molecule has 0 bridgehead atoms. The molecule has 0 saturated carbocycles. The zero-order valence-electron chi connectivity index (χ0n) is 12.5. The maximum absolute atomic E-state index is 6.12. The Labute approximate surface area is 137 Å². The van der Waals surface area contributed by atoms with Gasteiger partial charge in [0.15, 0.2) is 0 Å². The summed E-state index contributed by atoms with van der Waals surface area (Å²) in [6.07, 6.45) is 2.06. The highest BCUT2D eigenvalue weighted by Gasteiger charge is 2.11. The average molecular weight is 322 g/mol. The number of aryl methyl sites for hydroxylation is 1. The Morgan fingerprint density at radius 1 is 0.952 bits per heavy atom. The number of rotatable bonds is 6. The van der Waals surface area contributed by atoms with Gasteiger partial charge in [-0.2, -0.15) is 0 Å². The monoisotopic (exact) mass is 321 g/mol. The van der Waals surface area contributed by atoms with E-state index in [0.717, 1.165) is 19.4 Å². The predicted molar refractivity (Wildman–Crippen MR) is 92.2 cm³/mol. The van der Waals surface area contributed by atoms with Gasteiger partial charge in [0, 0.05) is 12.6 Å². The molecule has 0 radical (unpaired) electrons. The van der Waals surface area contributed by atoms with Crippen LogP contribution in [0.4, 0.5) is 0 Å². The minimum atomic E-state index is 0.282. The van der Waals surface area contributed by atoms with Gasteiger partial charge in [0.2, 0.25) is 0 Å². The lowest BCUT2D eigenvalue weighted by molar-refractivity contribution is 0.517. The van der Waals surface area contributed by atoms with Crippen molar-refractivity contribution in [3.05, 3.63) is 69.2 Å². The highest BCUT2D eigenvalue weighted by molar-refractivity contribution is 6.42. The largest absolute Gasteiger partial charge is 0.306 e. The molecule has 0 fully saturated rings. The molecule has 21 heavy (non-hydrogen) atoms. The van der Waals surface area contributed by atoms with Crippen LogP contribution in [-0.2, 0) is 13.0 Å². The first-order valence-electron chi connectivity index (χ1n) is 7.40. The minimum Gasteiger partial charge on any atom is -0.306 e. The Balaban J connectivity index is 2.10. The van der Waals surface area contributed by atoms with Crippen molar-refractivity contribution in [3.8, 4) is 0 Å². The van der Waals surface area contributed by atoms with Crippen molar-refractivity contribution in [2.45, 2.75) is 39.3 Å². The first-order chi connectivity index (χ1) is 10.2. The molecule has 3 heteroatoms. The van der Waals surface area contributed by atoms with Gasteiger partial charge >= 0.3 is 0 Å². The van der Waals surface area contributed by atoms with E-state index >= 15 is 0 Å². The molecule has 112 valence electrons. The second-order valence-corrected chi connectivity index (χ2v) is 5.95. The summed E-state index contributed by atoms with van der Waals surface area (Å²) < 4.78 is 0. The molecule has 0 amide bonds. The fourth-order valence-corrected chi connectivity index (χ4v) is 2.84. The highest BCUT2D eigenvalue weighted by Crippen LogP contribution is 2.27. The molecule has 0 spiro atoms. The van der Waals surface area contributed by atoms with Gasteiger partial charge < -0.3 is 5.32 Å². The lowest BCUT2D eigenvalue weighted by Crippen LogP contribution is -2.21. The number of hydrogen-bond acceptors (Lipinski definition) is 1. The zero-order chi connectivity index (χ0) is 15.2. The lowest BCUT2D eigenvalue weighted by atomic mass is 10.0. The van der Waals surface area contributed by atoms with Crippen LogP contribution in [-0.4, -0.2) is 0 Å². The van der Waals surface area contributed by atoms with E-state index in [1.165, 1.54) is 16.7 Å². The smallest absolute Gasteiger partial charge is 0.0595 e. The summed E-state index contributed by atoms with van der Waals surface area (Å²) in [6, 6.07) is 14.7. The van der Waals surface area contributed by atoms with Crippen LogP contribution >= 0.6 is 23.2 Å². The molecular weight excluding hydrogens is 301 g/mol. The lowest BCUT2D eigenvalue weighted by Gasteiger charge is -2.19. The molecule has 1 nitrogen and oxygen atoms in total.